The third-order valence-electron chi connectivity index (χ3n) is 4.19. The van der Waals surface area contributed by atoms with Gasteiger partial charge in [-0.2, -0.15) is 0 Å². The zero-order valence-electron chi connectivity index (χ0n) is 15.6. The van der Waals surface area contributed by atoms with E-state index in [-0.39, 0.29) is 29.3 Å². The van der Waals surface area contributed by atoms with Crippen LogP contribution in [0.4, 0.5) is 0 Å². The van der Waals surface area contributed by atoms with Gasteiger partial charge in [0.1, 0.15) is 34.5 Å². The van der Waals surface area contributed by atoms with Crippen molar-refractivity contribution in [3.63, 3.8) is 0 Å². The standard InChI is InChI=1S/C20H21NO5.ClH/c1-21(2)10-14-16(22)9-17(25-4)18-19(23)15(11-26-20(14)18)12-5-7-13(24-3)8-6-12;/h5-9,11,22H,10H2,1-4H3;1H. The van der Waals surface area contributed by atoms with Crippen LogP contribution in [-0.4, -0.2) is 38.3 Å². The molecule has 1 aromatic heterocycles. The first-order valence-corrected chi connectivity index (χ1v) is 8.09. The van der Waals surface area contributed by atoms with E-state index in [2.05, 4.69) is 0 Å². The number of ether oxygens (including phenoxy) is 2. The Morgan fingerprint density at radius 2 is 1.78 bits per heavy atom. The van der Waals surface area contributed by atoms with Crippen molar-refractivity contribution in [3.8, 4) is 28.4 Å². The highest BCUT2D eigenvalue weighted by atomic mass is 35.5. The van der Waals surface area contributed by atoms with Crippen LogP contribution >= 0.6 is 12.4 Å². The maximum atomic E-state index is 13.1. The maximum Gasteiger partial charge on any atom is 0.204 e. The van der Waals surface area contributed by atoms with Gasteiger partial charge in [0.15, 0.2) is 0 Å². The second-order valence-corrected chi connectivity index (χ2v) is 6.23. The van der Waals surface area contributed by atoms with Gasteiger partial charge in [0.2, 0.25) is 5.43 Å². The third-order valence-corrected chi connectivity index (χ3v) is 4.19. The highest BCUT2D eigenvalue weighted by Gasteiger charge is 2.20. The van der Waals surface area contributed by atoms with Crippen LogP contribution in [0.2, 0.25) is 0 Å². The molecule has 0 fully saturated rings. The van der Waals surface area contributed by atoms with Gasteiger partial charge in [-0.3, -0.25) is 4.79 Å². The number of aromatic hydroxyl groups is 1. The van der Waals surface area contributed by atoms with Gasteiger partial charge in [-0.1, -0.05) is 12.1 Å². The van der Waals surface area contributed by atoms with Crippen molar-refractivity contribution in [2.24, 2.45) is 0 Å². The first-order chi connectivity index (χ1) is 12.5. The summed E-state index contributed by atoms with van der Waals surface area (Å²) in [6.45, 7) is 0.428. The number of hydrogen-bond donors (Lipinski definition) is 1. The van der Waals surface area contributed by atoms with E-state index in [1.165, 1.54) is 19.4 Å². The van der Waals surface area contributed by atoms with Crippen LogP contribution in [-0.2, 0) is 6.54 Å². The number of hydrogen-bond acceptors (Lipinski definition) is 6. The summed E-state index contributed by atoms with van der Waals surface area (Å²) in [7, 11) is 6.79. The summed E-state index contributed by atoms with van der Waals surface area (Å²) in [4.78, 5) is 15.0. The summed E-state index contributed by atoms with van der Waals surface area (Å²) in [5.41, 5.74) is 1.79. The summed E-state index contributed by atoms with van der Waals surface area (Å²) >= 11 is 0. The Balaban J connectivity index is 0.00000261. The zero-order chi connectivity index (χ0) is 18.8. The number of nitrogens with zero attached hydrogens (tertiary/aromatic N) is 1. The lowest BCUT2D eigenvalue weighted by molar-refractivity contribution is 0.379. The quantitative estimate of drug-likeness (QED) is 0.715. The molecule has 27 heavy (non-hydrogen) atoms. The van der Waals surface area contributed by atoms with Crippen LogP contribution in [0.5, 0.6) is 17.2 Å². The molecule has 0 aliphatic heterocycles. The van der Waals surface area contributed by atoms with Crippen LogP contribution in [0.3, 0.4) is 0 Å². The van der Waals surface area contributed by atoms with E-state index in [1.54, 1.807) is 31.4 Å². The SMILES string of the molecule is COc1ccc(-c2coc3c(CN(C)C)c(O)cc(OC)c3c2=O)cc1.Cl. The molecule has 1 heterocycles. The van der Waals surface area contributed by atoms with Crippen molar-refractivity contribution in [2.45, 2.75) is 6.54 Å². The van der Waals surface area contributed by atoms with Crippen LogP contribution in [0.15, 0.2) is 45.8 Å². The number of fused-ring (bicyclic) bond motifs is 1. The van der Waals surface area contributed by atoms with Gasteiger partial charge in [0.05, 0.1) is 25.3 Å². The monoisotopic (exact) mass is 391 g/mol. The number of halogens is 1. The molecule has 7 heteroatoms. The predicted molar refractivity (Wildman–Crippen MR) is 107 cm³/mol. The van der Waals surface area contributed by atoms with Crippen molar-refractivity contribution >= 4 is 23.4 Å². The molecule has 3 aromatic rings. The van der Waals surface area contributed by atoms with Gasteiger partial charge in [0, 0.05) is 12.6 Å². The Labute approximate surface area is 163 Å². The van der Waals surface area contributed by atoms with E-state index in [1.807, 2.05) is 19.0 Å². The molecule has 144 valence electrons. The topological polar surface area (TPSA) is 72.1 Å². The van der Waals surface area contributed by atoms with E-state index in [0.29, 0.717) is 40.0 Å². The Bertz CT molecular complexity index is 996. The molecule has 0 spiro atoms. The molecule has 0 amide bonds. The number of rotatable bonds is 5. The molecule has 0 aliphatic carbocycles. The van der Waals surface area contributed by atoms with Gasteiger partial charge in [-0.15, -0.1) is 12.4 Å². The van der Waals surface area contributed by atoms with Gasteiger partial charge in [-0.05, 0) is 31.8 Å². The van der Waals surface area contributed by atoms with Crippen molar-refractivity contribution in [3.05, 3.63) is 52.4 Å². The summed E-state index contributed by atoms with van der Waals surface area (Å²) in [5, 5.41) is 10.6. The second-order valence-electron chi connectivity index (χ2n) is 6.23. The highest BCUT2D eigenvalue weighted by Crippen LogP contribution is 2.35. The van der Waals surface area contributed by atoms with Crippen LogP contribution in [0.1, 0.15) is 5.56 Å². The molecule has 6 nitrogen and oxygen atoms in total. The number of benzene rings is 2. The fraction of sp³-hybridized carbons (Fsp3) is 0.250. The Morgan fingerprint density at radius 3 is 2.33 bits per heavy atom. The molecule has 2 aromatic carbocycles. The molecular formula is C20H22ClNO5. The summed E-state index contributed by atoms with van der Waals surface area (Å²) in [5.74, 6) is 1.02. The van der Waals surface area contributed by atoms with Crippen LogP contribution < -0.4 is 14.9 Å². The van der Waals surface area contributed by atoms with Crippen LogP contribution in [0.25, 0.3) is 22.1 Å². The zero-order valence-corrected chi connectivity index (χ0v) is 16.4. The highest BCUT2D eigenvalue weighted by molar-refractivity contribution is 5.91. The minimum atomic E-state index is -0.215. The van der Waals surface area contributed by atoms with Crippen molar-refractivity contribution in [1.82, 2.24) is 4.90 Å². The van der Waals surface area contributed by atoms with E-state index in [4.69, 9.17) is 13.9 Å². The first kappa shape index (κ1) is 20.6. The molecule has 0 radical (unpaired) electrons. The molecule has 0 unspecified atom stereocenters. The molecular weight excluding hydrogens is 370 g/mol. The number of methoxy groups -OCH3 is 2. The lowest BCUT2D eigenvalue weighted by Gasteiger charge is -2.15. The fourth-order valence-electron chi connectivity index (χ4n) is 2.91. The number of phenolic OH excluding ortho intramolecular Hbond substituents is 1. The minimum absolute atomic E-state index is 0. The fourth-order valence-corrected chi connectivity index (χ4v) is 2.91. The molecule has 0 saturated carbocycles. The van der Waals surface area contributed by atoms with Gasteiger partial charge >= 0.3 is 0 Å². The van der Waals surface area contributed by atoms with Gasteiger partial charge in [0.25, 0.3) is 0 Å². The molecule has 0 atom stereocenters. The van der Waals surface area contributed by atoms with Crippen molar-refractivity contribution < 1.29 is 19.0 Å². The molecule has 3 rings (SSSR count). The maximum absolute atomic E-state index is 13.1. The molecule has 0 saturated heterocycles. The lowest BCUT2D eigenvalue weighted by atomic mass is 10.0. The van der Waals surface area contributed by atoms with Crippen molar-refractivity contribution in [1.29, 1.82) is 0 Å². The Morgan fingerprint density at radius 1 is 1.11 bits per heavy atom. The minimum Gasteiger partial charge on any atom is -0.507 e. The summed E-state index contributed by atoms with van der Waals surface area (Å²) in [6.07, 6.45) is 1.42. The van der Waals surface area contributed by atoms with Crippen molar-refractivity contribution in [2.75, 3.05) is 28.3 Å². The first-order valence-electron chi connectivity index (χ1n) is 8.09. The van der Waals surface area contributed by atoms with Gasteiger partial charge < -0.3 is 23.9 Å². The van der Waals surface area contributed by atoms with Gasteiger partial charge in [-0.25, -0.2) is 0 Å². The normalized spacial score (nSPS) is 10.7. The largest absolute Gasteiger partial charge is 0.507 e. The third kappa shape index (κ3) is 3.86. The summed E-state index contributed by atoms with van der Waals surface area (Å²) < 4.78 is 16.3. The summed E-state index contributed by atoms with van der Waals surface area (Å²) in [6, 6.07) is 8.61. The Kier molecular flexibility index (Phi) is 6.36. The number of phenols is 1. The lowest BCUT2D eigenvalue weighted by Crippen LogP contribution is -2.13. The van der Waals surface area contributed by atoms with E-state index >= 15 is 0 Å². The Hall–Kier alpha value is -2.70. The van der Waals surface area contributed by atoms with E-state index in [9.17, 15) is 9.90 Å². The molecule has 0 aliphatic rings. The average Bonchev–Trinajstić information content (AvgIpc) is 2.63. The van der Waals surface area contributed by atoms with E-state index in [0.717, 1.165) is 0 Å². The molecule has 0 bridgehead atoms. The smallest absolute Gasteiger partial charge is 0.204 e. The van der Waals surface area contributed by atoms with Crippen LogP contribution in [0, 0.1) is 0 Å². The molecule has 1 N–H and O–H groups in total. The second kappa shape index (κ2) is 8.33. The average molecular weight is 392 g/mol. The predicted octanol–water partition coefficient (Wildman–Crippen LogP) is 3.67. The van der Waals surface area contributed by atoms with E-state index < -0.39 is 0 Å².